The smallest absolute Gasteiger partial charge is 0.327 e. The van der Waals surface area contributed by atoms with Crippen molar-refractivity contribution in [3.63, 3.8) is 0 Å². The van der Waals surface area contributed by atoms with Crippen molar-refractivity contribution in [2.24, 2.45) is 0 Å². The van der Waals surface area contributed by atoms with Gasteiger partial charge in [-0.15, -0.1) is 23.1 Å². The maximum Gasteiger partial charge on any atom is 0.327 e. The van der Waals surface area contributed by atoms with Crippen molar-refractivity contribution in [1.82, 2.24) is 10.2 Å². The number of carbonyl (C=O) groups excluding carboxylic acids is 1. The summed E-state index contributed by atoms with van der Waals surface area (Å²) in [6, 6.07) is 2.53. The van der Waals surface area contributed by atoms with Crippen LogP contribution in [0.2, 0.25) is 4.34 Å². The Morgan fingerprint density at radius 2 is 2.30 bits per heavy atom. The predicted molar refractivity (Wildman–Crippen MR) is 81.4 cm³/mol. The average molecular weight is 335 g/mol. The van der Waals surface area contributed by atoms with Crippen molar-refractivity contribution in [2.45, 2.75) is 31.3 Å². The average Bonchev–Trinajstić information content (AvgIpc) is 3.01. The third-order valence-corrected chi connectivity index (χ3v) is 5.69. The molecule has 1 fully saturated rings. The lowest BCUT2D eigenvalue weighted by Gasteiger charge is -2.26. The second-order valence-electron chi connectivity index (χ2n) is 4.32. The number of rotatable bonds is 4. The molecular formula is C12H15ClN2O3S2. The quantitative estimate of drug-likeness (QED) is 0.888. The molecule has 0 saturated carbocycles. The molecule has 5 nitrogen and oxygen atoms in total. The van der Waals surface area contributed by atoms with Gasteiger partial charge in [-0.3, -0.25) is 4.90 Å². The molecular weight excluding hydrogens is 320 g/mol. The van der Waals surface area contributed by atoms with Gasteiger partial charge in [0, 0.05) is 10.6 Å². The summed E-state index contributed by atoms with van der Waals surface area (Å²) in [4.78, 5) is 25.8. The number of hydrogen-bond acceptors (Lipinski definition) is 4. The van der Waals surface area contributed by atoms with Crippen LogP contribution in [0.5, 0.6) is 0 Å². The molecule has 2 amide bonds. The van der Waals surface area contributed by atoms with Crippen molar-refractivity contribution in [2.75, 3.05) is 5.75 Å². The predicted octanol–water partition coefficient (Wildman–Crippen LogP) is 2.85. The highest BCUT2D eigenvalue weighted by atomic mass is 35.5. The maximum atomic E-state index is 12.2. The minimum absolute atomic E-state index is 0.0805. The van der Waals surface area contributed by atoms with E-state index in [1.54, 1.807) is 6.07 Å². The lowest BCUT2D eigenvalue weighted by Crippen LogP contribution is -2.49. The third kappa shape index (κ3) is 3.39. The molecule has 2 N–H and O–H groups in total. The zero-order valence-corrected chi connectivity index (χ0v) is 13.2. The van der Waals surface area contributed by atoms with Crippen molar-refractivity contribution in [1.29, 1.82) is 0 Å². The number of carbonyl (C=O) groups is 2. The minimum Gasteiger partial charge on any atom is -0.480 e. The molecule has 2 heterocycles. The normalized spacial score (nSPS) is 22.0. The first-order valence-corrected chi connectivity index (χ1v) is 8.42. The van der Waals surface area contributed by atoms with Gasteiger partial charge in [0.05, 0.1) is 16.3 Å². The van der Waals surface area contributed by atoms with Crippen LogP contribution in [-0.4, -0.2) is 39.2 Å². The van der Waals surface area contributed by atoms with E-state index in [4.69, 9.17) is 11.6 Å². The Labute approximate surface area is 130 Å². The first-order chi connectivity index (χ1) is 9.52. The number of hydrogen-bond donors (Lipinski definition) is 2. The fraction of sp³-hybridized carbons (Fsp3) is 0.500. The van der Waals surface area contributed by atoms with Crippen LogP contribution in [-0.2, 0) is 11.3 Å². The summed E-state index contributed by atoms with van der Waals surface area (Å²) in [6.07, 6.45) is 0.729. The van der Waals surface area contributed by atoms with Gasteiger partial charge in [-0.1, -0.05) is 18.5 Å². The zero-order valence-electron chi connectivity index (χ0n) is 10.8. The molecule has 0 radical (unpaired) electrons. The molecule has 0 bridgehead atoms. The van der Waals surface area contributed by atoms with E-state index in [1.165, 1.54) is 28.0 Å². The summed E-state index contributed by atoms with van der Waals surface area (Å²) in [5.41, 5.74) is 0. The van der Waals surface area contributed by atoms with E-state index in [9.17, 15) is 14.7 Å². The van der Waals surface area contributed by atoms with Gasteiger partial charge in [-0.25, -0.2) is 9.59 Å². The van der Waals surface area contributed by atoms with E-state index in [-0.39, 0.29) is 11.4 Å². The van der Waals surface area contributed by atoms with E-state index in [2.05, 4.69) is 5.32 Å². The van der Waals surface area contributed by atoms with E-state index in [0.717, 1.165) is 11.3 Å². The van der Waals surface area contributed by atoms with Crippen LogP contribution in [0.1, 0.15) is 18.2 Å². The first kappa shape index (κ1) is 15.5. The number of aliphatic carboxylic acids is 1. The number of halogens is 1. The van der Waals surface area contributed by atoms with Crippen molar-refractivity contribution in [3.05, 3.63) is 21.3 Å². The number of nitrogens with one attached hydrogen (secondary N) is 1. The van der Waals surface area contributed by atoms with E-state index >= 15 is 0 Å². The number of urea groups is 1. The summed E-state index contributed by atoms with van der Waals surface area (Å²) in [6.45, 7) is 2.31. The first-order valence-electron chi connectivity index (χ1n) is 6.17. The fourth-order valence-corrected chi connectivity index (χ4v) is 4.42. The van der Waals surface area contributed by atoms with E-state index in [0.29, 0.717) is 16.6 Å². The molecule has 1 aliphatic rings. The highest BCUT2D eigenvalue weighted by molar-refractivity contribution is 8.00. The van der Waals surface area contributed by atoms with Gasteiger partial charge in [0.25, 0.3) is 0 Å². The molecule has 1 aromatic heterocycles. The molecule has 0 aromatic carbocycles. The van der Waals surface area contributed by atoms with E-state index in [1.807, 2.05) is 13.0 Å². The second-order valence-corrected chi connectivity index (χ2v) is 7.33. The molecule has 2 atom stereocenters. The molecule has 8 heteroatoms. The molecule has 110 valence electrons. The van der Waals surface area contributed by atoms with Crippen LogP contribution in [0.25, 0.3) is 0 Å². The highest BCUT2D eigenvalue weighted by Crippen LogP contribution is 2.31. The van der Waals surface area contributed by atoms with Crippen molar-refractivity contribution in [3.8, 4) is 0 Å². The lowest BCUT2D eigenvalue weighted by atomic mass is 10.3. The van der Waals surface area contributed by atoms with Crippen LogP contribution in [0.15, 0.2) is 12.1 Å². The number of thiophene rings is 1. The van der Waals surface area contributed by atoms with Gasteiger partial charge >= 0.3 is 12.0 Å². The summed E-state index contributed by atoms with van der Waals surface area (Å²) in [5, 5.41) is 11.9. The zero-order chi connectivity index (χ0) is 14.7. The van der Waals surface area contributed by atoms with Crippen LogP contribution in [0.4, 0.5) is 4.79 Å². The molecule has 20 heavy (non-hydrogen) atoms. The topological polar surface area (TPSA) is 69.6 Å². The third-order valence-electron chi connectivity index (χ3n) is 3.00. The standard InChI is InChI=1S/C12H15ClN2O3S2/c1-2-10-15(8(6-19-10)11(16)17)12(18)14-5-7-3-4-9(13)20-7/h3-4,8,10H,2,5-6H2,1H3,(H,14,18)(H,16,17). The molecule has 1 saturated heterocycles. The number of amides is 2. The van der Waals surface area contributed by atoms with Crippen molar-refractivity contribution < 1.29 is 14.7 Å². The van der Waals surface area contributed by atoms with E-state index < -0.39 is 12.0 Å². The van der Waals surface area contributed by atoms with Crippen LogP contribution in [0, 0.1) is 0 Å². The number of thioether (sulfide) groups is 1. The number of nitrogens with zero attached hydrogens (tertiary/aromatic N) is 1. The Morgan fingerprint density at radius 1 is 1.55 bits per heavy atom. The lowest BCUT2D eigenvalue weighted by molar-refractivity contribution is -0.141. The van der Waals surface area contributed by atoms with Gasteiger partial charge in [0.15, 0.2) is 0 Å². The SMILES string of the molecule is CCC1SCC(C(=O)O)N1C(=O)NCc1ccc(Cl)s1. The van der Waals surface area contributed by atoms with Gasteiger partial charge < -0.3 is 10.4 Å². The summed E-state index contributed by atoms with van der Waals surface area (Å²) < 4.78 is 0.667. The Hall–Kier alpha value is -0.920. The summed E-state index contributed by atoms with van der Waals surface area (Å²) >= 11 is 8.73. The Balaban J connectivity index is 2.00. The molecule has 1 aliphatic heterocycles. The molecule has 2 rings (SSSR count). The van der Waals surface area contributed by atoms with Crippen LogP contribution >= 0.6 is 34.7 Å². The largest absolute Gasteiger partial charge is 0.480 e. The molecule has 1 aromatic rings. The van der Waals surface area contributed by atoms with Gasteiger partial charge in [-0.2, -0.15) is 0 Å². The number of carboxylic acid groups (broad SMARTS) is 1. The fourth-order valence-electron chi connectivity index (χ4n) is 2.04. The van der Waals surface area contributed by atoms with Gasteiger partial charge in [0.1, 0.15) is 6.04 Å². The highest BCUT2D eigenvalue weighted by Gasteiger charge is 2.40. The monoisotopic (exact) mass is 334 g/mol. The number of carboxylic acids is 1. The summed E-state index contributed by atoms with van der Waals surface area (Å²) in [5.74, 6) is -0.519. The molecule has 0 spiro atoms. The molecule has 2 unspecified atom stereocenters. The van der Waals surface area contributed by atoms with Crippen molar-refractivity contribution >= 4 is 46.7 Å². The van der Waals surface area contributed by atoms with Gasteiger partial charge in [0.2, 0.25) is 0 Å². The second kappa shape index (κ2) is 6.69. The minimum atomic E-state index is -0.956. The Kier molecular flexibility index (Phi) is 5.17. The van der Waals surface area contributed by atoms with Crippen LogP contribution < -0.4 is 5.32 Å². The van der Waals surface area contributed by atoms with Gasteiger partial charge in [-0.05, 0) is 18.6 Å². The Bertz CT molecular complexity index is 509. The molecule has 0 aliphatic carbocycles. The Morgan fingerprint density at radius 3 is 2.85 bits per heavy atom. The summed E-state index contributed by atoms with van der Waals surface area (Å²) in [7, 11) is 0. The maximum absolute atomic E-state index is 12.2. The van der Waals surface area contributed by atoms with Crippen LogP contribution in [0.3, 0.4) is 0 Å².